The number of hydrogen-bond donors (Lipinski definition) is 1. The molecule has 0 atom stereocenters. The molecule has 21 heavy (non-hydrogen) atoms. The Morgan fingerprint density at radius 1 is 1.14 bits per heavy atom. The number of carbonyl (C=O) groups is 1. The van der Waals surface area contributed by atoms with E-state index in [0.29, 0.717) is 11.3 Å². The molecule has 0 unspecified atom stereocenters. The first-order valence-electron chi connectivity index (χ1n) is 6.41. The third-order valence-corrected chi connectivity index (χ3v) is 3.43. The van der Waals surface area contributed by atoms with Crippen LogP contribution in [0.4, 0.5) is 0 Å². The van der Waals surface area contributed by atoms with Crippen LogP contribution in [0.5, 0.6) is 11.5 Å². The molecule has 0 spiro atoms. The molecule has 0 bridgehead atoms. The summed E-state index contributed by atoms with van der Waals surface area (Å²) in [5.41, 5.74) is 2.83. The number of hydrogen-bond acceptors (Lipinski definition) is 2. The highest BCUT2D eigenvalue weighted by molar-refractivity contribution is 9.10. The van der Waals surface area contributed by atoms with Crippen LogP contribution in [-0.4, -0.2) is 11.1 Å². The fourth-order valence-corrected chi connectivity index (χ4v) is 2.22. The van der Waals surface area contributed by atoms with Crippen LogP contribution in [0.1, 0.15) is 16.7 Å². The summed E-state index contributed by atoms with van der Waals surface area (Å²) in [6, 6.07) is 11.5. The highest BCUT2D eigenvalue weighted by Gasteiger charge is 2.07. The van der Waals surface area contributed by atoms with Gasteiger partial charge in [-0.15, -0.1) is 0 Å². The Hall–Kier alpha value is -2.07. The summed E-state index contributed by atoms with van der Waals surface area (Å²) in [4.78, 5) is 10.7. The van der Waals surface area contributed by atoms with Crippen molar-refractivity contribution in [2.45, 2.75) is 13.8 Å². The Bertz CT molecular complexity index is 705. The zero-order valence-corrected chi connectivity index (χ0v) is 13.3. The van der Waals surface area contributed by atoms with Gasteiger partial charge in [0.25, 0.3) is 0 Å². The summed E-state index contributed by atoms with van der Waals surface area (Å²) in [5.74, 6) is 0.388. The molecule has 0 aliphatic carbocycles. The smallest absolute Gasteiger partial charge is 0.328 e. The molecule has 0 amide bonds. The average Bonchev–Trinajstić information content (AvgIpc) is 2.43. The quantitative estimate of drug-likeness (QED) is 0.796. The number of aliphatic carboxylic acids is 1. The lowest BCUT2D eigenvalue weighted by Gasteiger charge is -2.12. The van der Waals surface area contributed by atoms with Gasteiger partial charge >= 0.3 is 5.97 Å². The second-order valence-corrected chi connectivity index (χ2v) is 5.64. The summed E-state index contributed by atoms with van der Waals surface area (Å²) in [7, 11) is 0. The van der Waals surface area contributed by atoms with Crippen molar-refractivity contribution < 1.29 is 14.6 Å². The molecule has 2 aromatic rings. The average molecular weight is 347 g/mol. The Morgan fingerprint density at radius 3 is 2.62 bits per heavy atom. The fourth-order valence-electron chi connectivity index (χ4n) is 1.84. The number of ether oxygens (including phenoxy) is 1. The largest absolute Gasteiger partial charge is 0.478 e. The minimum Gasteiger partial charge on any atom is -0.478 e. The number of aryl methyl sites for hydroxylation is 2. The molecule has 0 aliphatic rings. The molecule has 2 aromatic carbocycles. The van der Waals surface area contributed by atoms with Crippen molar-refractivity contribution in [3.05, 3.63) is 63.6 Å². The molecule has 0 heterocycles. The Morgan fingerprint density at radius 2 is 1.90 bits per heavy atom. The van der Waals surface area contributed by atoms with Gasteiger partial charge in [-0.2, -0.15) is 0 Å². The maximum Gasteiger partial charge on any atom is 0.328 e. The van der Waals surface area contributed by atoms with Crippen LogP contribution in [0.15, 0.2) is 46.9 Å². The minimum atomic E-state index is -0.993. The molecule has 1 N–H and O–H groups in total. The van der Waals surface area contributed by atoms with Gasteiger partial charge in [0.2, 0.25) is 0 Å². The van der Waals surface area contributed by atoms with Gasteiger partial charge in [-0.25, -0.2) is 4.79 Å². The van der Waals surface area contributed by atoms with E-state index in [2.05, 4.69) is 15.9 Å². The molecule has 0 fully saturated rings. The van der Waals surface area contributed by atoms with E-state index in [9.17, 15) is 4.79 Å². The summed E-state index contributed by atoms with van der Waals surface area (Å²) in [6.45, 7) is 3.97. The first-order valence-corrected chi connectivity index (χ1v) is 7.20. The van der Waals surface area contributed by atoms with Gasteiger partial charge in [-0.1, -0.05) is 28.1 Å². The van der Waals surface area contributed by atoms with Crippen molar-refractivity contribution in [2.75, 3.05) is 0 Å². The van der Waals surface area contributed by atoms with Crippen molar-refractivity contribution in [3.8, 4) is 11.5 Å². The maximum absolute atomic E-state index is 10.7. The molecule has 4 heteroatoms. The van der Waals surface area contributed by atoms with Gasteiger partial charge in [-0.3, -0.25) is 0 Å². The molecule has 0 saturated heterocycles. The van der Waals surface area contributed by atoms with Crippen LogP contribution < -0.4 is 4.74 Å². The van der Waals surface area contributed by atoms with E-state index in [1.54, 1.807) is 0 Å². The van der Waals surface area contributed by atoms with Crippen molar-refractivity contribution >= 4 is 28.0 Å². The van der Waals surface area contributed by atoms with Crippen molar-refractivity contribution in [1.82, 2.24) is 0 Å². The van der Waals surface area contributed by atoms with Gasteiger partial charge in [-0.05, 0) is 55.3 Å². The molecular weight excluding hydrogens is 332 g/mol. The van der Waals surface area contributed by atoms with Crippen LogP contribution in [0.3, 0.4) is 0 Å². The number of rotatable bonds is 4. The van der Waals surface area contributed by atoms with Gasteiger partial charge in [0, 0.05) is 16.1 Å². The predicted octanol–water partition coefficient (Wildman–Crippen LogP) is 4.96. The minimum absolute atomic E-state index is 0.615. The number of halogens is 1. The summed E-state index contributed by atoms with van der Waals surface area (Å²) >= 11 is 3.38. The predicted molar refractivity (Wildman–Crippen MR) is 86.8 cm³/mol. The van der Waals surface area contributed by atoms with Crippen LogP contribution in [0.2, 0.25) is 0 Å². The normalized spacial score (nSPS) is 10.8. The molecule has 0 saturated carbocycles. The lowest BCUT2D eigenvalue weighted by molar-refractivity contribution is -0.131. The van der Waals surface area contributed by atoms with Crippen molar-refractivity contribution in [2.24, 2.45) is 0 Å². The van der Waals surface area contributed by atoms with E-state index in [4.69, 9.17) is 9.84 Å². The van der Waals surface area contributed by atoms with Crippen LogP contribution in [0.25, 0.3) is 6.08 Å². The maximum atomic E-state index is 10.7. The summed E-state index contributed by atoms with van der Waals surface area (Å²) in [6.07, 6.45) is 2.62. The van der Waals surface area contributed by atoms with E-state index in [0.717, 1.165) is 27.4 Å². The van der Waals surface area contributed by atoms with E-state index in [1.165, 1.54) is 6.08 Å². The topological polar surface area (TPSA) is 46.5 Å². The Kier molecular flexibility index (Phi) is 4.81. The Labute approximate surface area is 132 Å². The Balaban J connectivity index is 2.39. The van der Waals surface area contributed by atoms with Gasteiger partial charge in [0.15, 0.2) is 0 Å². The van der Waals surface area contributed by atoms with Crippen LogP contribution in [-0.2, 0) is 4.79 Å². The lowest BCUT2D eigenvalue weighted by atomic mass is 10.1. The first-order chi connectivity index (χ1) is 9.95. The van der Waals surface area contributed by atoms with E-state index >= 15 is 0 Å². The van der Waals surface area contributed by atoms with Gasteiger partial charge in [0.05, 0.1) is 0 Å². The van der Waals surface area contributed by atoms with E-state index in [-0.39, 0.29) is 0 Å². The molecule has 0 radical (unpaired) electrons. The third-order valence-electron chi connectivity index (χ3n) is 2.94. The third kappa shape index (κ3) is 4.20. The lowest BCUT2D eigenvalue weighted by Crippen LogP contribution is -1.92. The molecule has 108 valence electrons. The van der Waals surface area contributed by atoms with E-state index < -0.39 is 5.97 Å². The summed E-state index contributed by atoms with van der Waals surface area (Å²) in [5, 5.41) is 8.77. The van der Waals surface area contributed by atoms with Crippen molar-refractivity contribution in [3.63, 3.8) is 0 Å². The SMILES string of the molecule is Cc1ccc(C)c(Oc2ccc(Br)cc2/C=C/C(=O)O)c1. The number of benzene rings is 2. The van der Waals surface area contributed by atoms with E-state index in [1.807, 2.05) is 50.2 Å². The molecule has 3 nitrogen and oxygen atoms in total. The molecule has 2 rings (SSSR count). The highest BCUT2D eigenvalue weighted by Crippen LogP contribution is 2.31. The molecule has 0 aliphatic heterocycles. The second-order valence-electron chi connectivity index (χ2n) is 4.72. The van der Waals surface area contributed by atoms with Crippen LogP contribution >= 0.6 is 15.9 Å². The zero-order chi connectivity index (χ0) is 15.4. The van der Waals surface area contributed by atoms with Crippen molar-refractivity contribution in [1.29, 1.82) is 0 Å². The number of carboxylic acids is 1. The molecule has 0 aromatic heterocycles. The monoisotopic (exact) mass is 346 g/mol. The number of carboxylic acid groups (broad SMARTS) is 1. The van der Waals surface area contributed by atoms with Gasteiger partial charge in [0.1, 0.15) is 11.5 Å². The highest BCUT2D eigenvalue weighted by atomic mass is 79.9. The summed E-state index contributed by atoms with van der Waals surface area (Å²) < 4.78 is 6.81. The standard InChI is InChI=1S/C17H15BrO3/c1-11-3-4-12(2)16(9-11)21-15-7-6-14(18)10-13(15)5-8-17(19)20/h3-10H,1-2H3,(H,19,20)/b8-5+. The second kappa shape index (κ2) is 6.59. The van der Waals surface area contributed by atoms with Gasteiger partial charge < -0.3 is 9.84 Å². The fraction of sp³-hybridized carbons (Fsp3) is 0.118. The molecular formula is C17H15BrO3. The zero-order valence-electron chi connectivity index (χ0n) is 11.8. The first kappa shape index (κ1) is 15.3. The van der Waals surface area contributed by atoms with Crippen LogP contribution in [0, 0.1) is 13.8 Å².